The smallest absolute Gasteiger partial charge is 0.330 e. The molecule has 0 saturated heterocycles. The Hall–Kier alpha value is -3.26. The van der Waals surface area contributed by atoms with Gasteiger partial charge < -0.3 is 14.0 Å². The van der Waals surface area contributed by atoms with Crippen molar-refractivity contribution in [1.29, 1.82) is 0 Å². The summed E-state index contributed by atoms with van der Waals surface area (Å²) in [6.07, 6.45) is 1.78. The number of methoxy groups -OCH3 is 2. The average molecular weight is 470 g/mol. The van der Waals surface area contributed by atoms with E-state index in [1.54, 1.807) is 39.6 Å². The molecule has 0 N–H and O–H groups in total. The van der Waals surface area contributed by atoms with Gasteiger partial charge in [-0.15, -0.1) is 0 Å². The fourth-order valence-corrected chi connectivity index (χ4v) is 3.87. The van der Waals surface area contributed by atoms with Gasteiger partial charge in [-0.25, -0.2) is 4.79 Å². The van der Waals surface area contributed by atoms with Gasteiger partial charge in [0.2, 0.25) is 0 Å². The van der Waals surface area contributed by atoms with Crippen molar-refractivity contribution in [3.63, 3.8) is 0 Å². The zero-order valence-electron chi connectivity index (χ0n) is 17.0. The summed E-state index contributed by atoms with van der Waals surface area (Å²) >= 11 is 3.46. The monoisotopic (exact) mass is 469 g/mol. The minimum Gasteiger partial charge on any atom is -0.497 e. The predicted molar refractivity (Wildman–Crippen MR) is 120 cm³/mol. The molecule has 0 unspecified atom stereocenters. The van der Waals surface area contributed by atoms with Gasteiger partial charge >= 0.3 is 5.69 Å². The molecule has 2 aromatic heterocycles. The van der Waals surface area contributed by atoms with Crippen LogP contribution in [0.3, 0.4) is 0 Å². The Morgan fingerprint density at radius 2 is 1.60 bits per heavy atom. The molecule has 0 spiro atoms. The number of aryl methyl sites for hydroxylation is 1. The maximum atomic E-state index is 13.2. The first kappa shape index (κ1) is 20.0. The van der Waals surface area contributed by atoms with Crippen LogP contribution in [-0.2, 0) is 14.1 Å². The summed E-state index contributed by atoms with van der Waals surface area (Å²) in [5.41, 5.74) is 1.98. The molecule has 154 valence electrons. The van der Waals surface area contributed by atoms with E-state index >= 15 is 0 Å². The zero-order valence-corrected chi connectivity index (χ0v) is 18.6. The number of nitrogens with zero attached hydrogens (tertiary/aromatic N) is 3. The van der Waals surface area contributed by atoms with Crippen molar-refractivity contribution in [2.75, 3.05) is 14.2 Å². The van der Waals surface area contributed by atoms with Crippen molar-refractivity contribution >= 4 is 26.8 Å². The van der Waals surface area contributed by atoms with Crippen LogP contribution in [0, 0.1) is 0 Å². The van der Waals surface area contributed by atoms with Gasteiger partial charge in [0.1, 0.15) is 11.5 Å². The van der Waals surface area contributed by atoms with Gasteiger partial charge in [-0.1, -0.05) is 28.1 Å². The van der Waals surface area contributed by atoms with Gasteiger partial charge in [0.25, 0.3) is 5.56 Å². The van der Waals surface area contributed by atoms with Crippen LogP contribution in [0.15, 0.2) is 62.7 Å². The van der Waals surface area contributed by atoms with Crippen LogP contribution < -0.4 is 20.7 Å². The lowest BCUT2D eigenvalue weighted by atomic mass is 10.1. The zero-order chi connectivity index (χ0) is 21.6. The maximum Gasteiger partial charge on any atom is 0.330 e. The van der Waals surface area contributed by atoms with Gasteiger partial charge in [-0.2, -0.15) is 0 Å². The van der Waals surface area contributed by atoms with Crippen molar-refractivity contribution in [2.45, 2.75) is 0 Å². The number of hydrogen-bond acceptors (Lipinski definition) is 4. The van der Waals surface area contributed by atoms with Gasteiger partial charge in [0, 0.05) is 30.8 Å². The summed E-state index contributed by atoms with van der Waals surface area (Å²) in [7, 11) is 6.32. The molecule has 0 bridgehead atoms. The fraction of sp³-hybridized carbons (Fsp3) is 0.182. The summed E-state index contributed by atoms with van der Waals surface area (Å²) in [5.74, 6) is 1.25. The minimum absolute atomic E-state index is 0.355. The van der Waals surface area contributed by atoms with Gasteiger partial charge in [0.05, 0.1) is 36.5 Å². The molecular formula is C22H20BrN3O4. The van der Waals surface area contributed by atoms with E-state index in [-0.39, 0.29) is 11.2 Å². The van der Waals surface area contributed by atoms with E-state index in [1.807, 2.05) is 34.9 Å². The summed E-state index contributed by atoms with van der Waals surface area (Å²) < 4.78 is 16.4. The lowest BCUT2D eigenvalue weighted by Crippen LogP contribution is -2.36. The Balaban J connectivity index is 2.21. The molecule has 4 rings (SSSR count). The molecule has 0 fully saturated rings. The second kappa shape index (κ2) is 7.53. The Kier molecular flexibility index (Phi) is 5.03. The maximum absolute atomic E-state index is 13.2. The number of aromatic nitrogens is 3. The Morgan fingerprint density at radius 1 is 0.900 bits per heavy atom. The SMILES string of the molecule is COc1ccc(OC)c(-n2cc3c(c2-c2ccc(Br)cc2)c(=O)n(C)c(=O)n3C)c1. The van der Waals surface area contributed by atoms with Crippen LogP contribution in [0.5, 0.6) is 11.5 Å². The molecule has 2 heterocycles. The Labute approximate surface area is 180 Å². The molecule has 8 heteroatoms. The normalized spacial score (nSPS) is 11.1. The highest BCUT2D eigenvalue weighted by molar-refractivity contribution is 9.10. The molecule has 0 saturated carbocycles. The lowest BCUT2D eigenvalue weighted by molar-refractivity contribution is 0.401. The molecule has 0 amide bonds. The van der Waals surface area contributed by atoms with Crippen molar-refractivity contribution in [1.82, 2.24) is 13.7 Å². The number of rotatable bonds is 4. The highest BCUT2D eigenvalue weighted by Gasteiger charge is 2.22. The predicted octanol–water partition coefficient (Wildman–Crippen LogP) is 3.47. The van der Waals surface area contributed by atoms with E-state index in [9.17, 15) is 9.59 Å². The van der Waals surface area contributed by atoms with E-state index in [4.69, 9.17) is 9.47 Å². The molecular weight excluding hydrogens is 450 g/mol. The van der Waals surface area contributed by atoms with E-state index < -0.39 is 0 Å². The lowest BCUT2D eigenvalue weighted by Gasteiger charge is -2.15. The standard InChI is InChI=1S/C22H20BrN3O4/c1-24-17-12-26(16-11-15(29-3)9-10-18(16)30-4)20(13-5-7-14(23)8-6-13)19(17)21(27)25(2)22(24)28/h5-12H,1-4H3. The van der Waals surface area contributed by atoms with Gasteiger partial charge in [0.15, 0.2) is 0 Å². The number of benzene rings is 2. The highest BCUT2D eigenvalue weighted by Crippen LogP contribution is 2.36. The molecule has 0 aliphatic rings. The topological polar surface area (TPSA) is 67.4 Å². The minimum atomic E-state index is -0.385. The largest absolute Gasteiger partial charge is 0.497 e. The number of fused-ring (bicyclic) bond motifs is 1. The third kappa shape index (κ3) is 3.04. The first-order valence-electron chi connectivity index (χ1n) is 9.16. The van der Waals surface area contributed by atoms with E-state index in [0.29, 0.717) is 33.8 Å². The van der Waals surface area contributed by atoms with Crippen molar-refractivity contribution in [3.05, 3.63) is 74.0 Å². The molecule has 0 atom stereocenters. The first-order chi connectivity index (χ1) is 14.4. The first-order valence-corrected chi connectivity index (χ1v) is 9.96. The summed E-state index contributed by atoms with van der Waals surface area (Å²) in [6.45, 7) is 0. The summed E-state index contributed by atoms with van der Waals surface area (Å²) in [5, 5.41) is 0.451. The quantitative estimate of drug-likeness (QED) is 0.458. The number of halogens is 1. The average Bonchev–Trinajstić information content (AvgIpc) is 3.17. The second-order valence-corrected chi connectivity index (χ2v) is 7.77. The van der Waals surface area contributed by atoms with E-state index in [1.165, 1.54) is 11.6 Å². The van der Waals surface area contributed by atoms with Crippen LogP contribution in [-0.4, -0.2) is 27.9 Å². The van der Waals surface area contributed by atoms with Gasteiger partial charge in [-0.05, 0) is 29.8 Å². The van der Waals surface area contributed by atoms with Crippen molar-refractivity contribution in [3.8, 4) is 28.4 Å². The molecule has 30 heavy (non-hydrogen) atoms. The highest BCUT2D eigenvalue weighted by atomic mass is 79.9. The molecule has 2 aromatic carbocycles. The number of hydrogen-bond donors (Lipinski definition) is 0. The van der Waals surface area contributed by atoms with Crippen LogP contribution in [0.2, 0.25) is 0 Å². The third-order valence-corrected chi connectivity index (χ3v) is 5.73. The molecule has 7 nitrogen and oxygen atoms in total. The molecule has 0 aliphatic carbocycles. The van der Waals surface area contributed by atoms with Crippen LogP contribution in [0.4, 0.5) is 0 Å². The Morgan fingerprint density at radius 3 is 2.23 bits per heavy atom. The van der Waals surface area contributed by atoms with E-state index in [2.05, 4.69) is 15.9 Å². The molecule has 4 aromatic rings. The van der Waals surface area contributed by atoms with Crippen LogP contribution in [0.1, 0.15) is 0 Å². The number of ether oxygens (including phenoxy) is 2. The summed E-state index contributed by atoms with van der Waals surface area (Å²) in [4.78, 5) is 25.7. The van der Waals surface area contributed by atoms with Crippen molar-refractivity contribution in [2.24, 2.45) is 14.1 Å². The molecule has 0 radical (unpaired) electrons. The van der Waals surface area contributed by atoms with E-state index in [0.717, 1.165) is 14.6 Å². The molecule has 0 aliphatic heterocycles. The third-order valence-electron chi connectivity index (χ3n) is 5.20. The Bertz CT molecular complexity index is 1380. The van der Waals surface area contributed by atoms with Crippen LogP contribution >= 0.6 is 15.9 Å². The second-order valence-electron chi connectivity index (χ2n) is 6.86. The van der Waals surface area contributed by atoms with Gasteiger partial charge in [-0.3, -0.25) is 13.9 Å². The fourth-order valence-electron chi connectivity index (χ4n) is 3.61. The summed E-state index contributed by atoms with van der Waals surface area (Å²) in [6, 6.07) is 13.1. The van der Waals surface area contributed by atoms with Crippen molar-refractivity contribution < 1.29 is 9.47 Å². The van der Waals surface area contributed by atoms with Crippen LogP contribution in [0.25, 0.3) is 27.8 Å².